The van der Waals surface area contributed by atoms with Crippen molar-refractivity contribution in [2.45, 2.75) is 59.2 Å². The van der Waals surface area contributed by atoms with Crippen LogP contribution in [0.4, 0.5) is 0 Å². The van der Waals surface area contributed by atoms with Crippen molar-refractivity contribution in [2.75, 3.05) is 6.61 Å². The number of hydrogen-bond donors (Lipinski definition) is 1. The van der Waals surface area contributed by atoms with Gasteiger partial charge in [-0.1, -0.05) is 13.8 Å². The molecule has 0 aromatic carbocycles. The smallest absolute Gasteiger partial charge is 0.138 e. The maximum Gasteiger partial charge on any atom is 0.138 e. The molecule has 0 bridgehead atoms. The van der Waals surface area contributed by atoms with Crippen LogP contribution in [0.2, 0.25) is 0 Å². The standard InChI is InChI=1S/C13H26N4O/c1-6-18-13(9(2)3)11(14)7-12-15-8-16-17(12)10(4)5/h8-11,13H,6-7,14H2,1-5H3. The zero-order valence-corrected chi connectivity index (χ0v) is 12.1. The van der Waals surface area contributed by atoms with Gasteiger partial charge in [0.2, 0.25) is 0 Å². The minimum atomic E-state index is -0.0494. The largest absolute Gasteiger partial charge is 0.377 e. The van der Waals surface area contributed by atoms with E-state index in [0.717, 1.165) is 5.82 Å². The summed E-state index contributed by atoms with van der Waals surface area (Å²) in [6.07, 6.45) is 2.35. The minimum Gasteiger partial charge on any atom is -0.377 e. The third-order valence-electron chi connectivity index (χ3n) is 2.99. The normalized spacial score (nSPS) is 15.3. The molecule has 0 spiro atoms. The molecule has 1 heterocycles. The lowest BCUT2D eigenvalue weighted by Gasteiger charge is -2.27. The lowest BCUT2D eigenvalue weighted by atomic mass is 9.97. The Labute approximate surface area is 110 Å². The predicted octanol–water partition coefficient (Wildman–Crippen LogP) is 1.79. The number of ether oxygens (including phenoxy) is 1. The van der Waals surface area contributed by atoms with Crippen LogP contribution in [0.1, 0.15) is 46.5 Å². The minimum absolute atomic E-state index is 0.0494. The highest BCUT2D eigenvalue weighted by Crippen LogP contribution is 2.14. The first-order valence-electron chi connectivity index (χ1n) is 6.72. The molecule has 1 aromatic rings. The second kappa shape index (κ2) is 6.85. The van der Waals surface area contributed by atoms with E-state index >= 15 is 0 Å². The predicted molar refractivity (Wildman–Crippen MR) is 72.3 cm³/mol. The second-order valence-electron chi connectivity index (χ2n) is 5.25. The maximum absolute atomic E-state index is 6.26. The highest BCUT2D eigenvalue weighted by Gasteiger charge is 2.24. The van der Waals surface area contributed by atoms with E-state index in [9.17, 15) is 0 Å². The van der Waals surface area contributed by atoms with Gasteiger partial charge in [0.25, 0.3) is 0 Å². The Kier molecular flexibility index (Phi) is 5.75. The van der Waals surface area contributed by atoms with Gasteiger partial charge >= 0.3 is 0 Å². The van der Waals surface area contributed by atoms with E-state index in [1.54, 1.807) is 6.33 Å². The average molecular weight is 254 g/mol. The fourth-order valence-electron chi connectivity index (χ4n) is 2.18. The number of aromatic nitrogens is 3. The summed E-state index contributed by atoms with van der Waals surface area (Å²) in [6, 6.07) is 0.256. The summed E-state index contributed by atoms with van der Waals surface area (Å²) in [5.74, 6) is 1.33. The van der Waals surface area contributed by atoms with Crippen molar-refractivity contribution < 1.29 is 4.74 Å². The van der Waals surface area contributed by atoms with Crippen molar-refractivity contribution in [3.05, 3.63) is 12.2 Å². The molecule has 2 unspecified atom stereocenters. The summed E-state index contributed by atoms with van der Waals surface area (Å²) in [5, 5.41) is 4.23. The second-order valence-corrected chi connectivity index (χ2v) is 5.25. The van der Waals surface area contributed by atoms with Gasteiger partial charge in [-0.2, -0.15) is 5.10 Å². The fourth-order valence-corrected chi connectivity index (χ4v) is 2.18. The van der Waals surface area contributed by atoms with E-state index in [1.165, 1.54) is 0 Å². The van der Waals surface area contributed by atoms with Crippen LogP contribution >= 0.6 is 0 Å². The van der Waals surface area contributed by atoms with E-state index < -0.39 is 0 Å². The highest BCUT2D eigenvalue weighted by atomic mass is 16.5. The summed E-state index contributed by atoms with van der Waals surface area (Å²) in [6.45, 7) is 11.1. The monoisotopic (exact) mass is 254 g/mol. The Morgan fingerprint density at radius 1 is 1.33 bits per heavy atom. The van der Waals surface area contributed by atoms with Crippen LogP contribution in [-0.2, 0) is 11.2 Å². The quantitative estimate of drug-likeness (QED) is 0.805. The molecular weight excluding hydrogens is 228 g/mol. The summed E-state index contributed by atoms with van der Waals surface area (Å²) >= 11 is 0. The van der Waals surface area contributed by atoms with E-state index in [4.69, 9.17) is 10.5 Å². The zero-order valence-electron chi connectivity index (χ0n) is 12.1. The maximum atomic E-state index is 6.26. The van der Waals surface area contributed by atoms with Gasteiger partial charge in [-0.15, -0.1) is 0 Å². The molecule has 1 rings (SSSR count). The van der Waals surface area contributed by atoms with Gasteiger partial charge < -0.3 is 10.5 Å². The average Bonchev–Trinajstić information content (AvgIpc) is 2.73. The molecule has 0 radical (unpaired) electrons. The molecule has 0 amide bonds. The molecule has 0 aliphatic heterocycles. The Morgan fingerprint density at radius 2 is 2.00 bits per heavy atom. The number of nitrogens with two attached hydrogens (primary N) is 1. The molecule has 1 aromatic heterocycles. The molecule has 0 saturated heterocycles. The van der Waals surface area contributed by atoms with Gasteiger partial charge in [0.15, 0.2) is 0 Å². The Morgan fingerprint density at radius 3 is 2.50 bits per heavy atom. The molecule has 0 fully saturated rings. The van der Waals surface area contributed by atoms with Crippen molar-refractivity contribution in [2.24, 2.45) is 11.7 Å². The molecule has 18 heavy (non-hydrogen) atoms. The molecule has 5 nitrogen and oxygen atoms in total. The molecule has 104 valence electrons. The first-order valence-corrected chi connectivity index (χ1v) is 6.72. The van der Waals surface area contributed by atoms with Gasteiger partial charge in [0, 0.05) is 25.1 Å². The van der Waals surface area contributed by atoms with Crippen LogP contribution in [0.3, 0.4) is 0 Å². The van der Waals surface area contributed by atoms with Crippen LogP contribution < -0.4 is 5.73 Å². The fraction of sp³-hybridized carbons (Fsp3) is 0.846. The van der Waals surface area contributed by atoms with Gasteiger partial charge in [-0.25, -0.2) is 9.67 Å². The molecule has 0 aliphatic carbocycles. The molecule has 2 atom stereocenters. The van der Waals surface area contributed by atoms with Crippen molar-refractivity contribution in [3.63, 3.8) is 0 Å². The van der Waals surface area contributed by atoms with Crippen molar-refractivity contribution >= 4 is 0 Å². The van der Waals surface area contributed by atoms with Crippen molar-refractivity contribution in [1.29, 1.82) is 0 Å². The van der Waals surface area contributed by atoms with Gasteiger partial charge in [-0.05, 0) is 26.7 Å². The summed E-state index contributed by atoms with van der Waals surface area (Å²) in [4.78, 5) is 4.30. The Bertz CT molecular complexity index is 349. The first-order chi connectivity index (χ1) is 8.47. The molecular formula is C13H26N4O. The number of hydrogen-bond acceptors (Lipinski definition) is 4. The summed E-state index contributed by atoms with van der Waals surface area (Å²) in [5.41, 5.74) is 6.26. The van der Waals surface area contributed by atoms with Crippen molar-refractivity contribution in [1.82, 2.24) is 14.8 Å². The SMILES string of the molecule is CCOC(C(C)C)C(N)Cc1ncnn1C(C)C. The Balaban J connectivity index is 2.72. The van der Waals surface area contributed by atoms with Gasteiger partial charge in [-0.3, -0.25) is 0 Å². The zero-order chi connectivity index (χ0) is 13.7. The molecule has 5 heteroatoms. The first kappa shape index (κ1) is 15.1. The Hall–Kier alpha value is -0.940. The van der Waals surface area contributed by atoms with Crippen LogP contribution in [0.25, 0.3) is 0 Å². The molecule has 2 N–H and O–H groups in total. The van der Waals surface area contributed by atoms with Gasteiger partial charge in [0.1, 0.15) is 12.2 Å². The van der Waals surface area contributed by atoms with Crippen LogP contribution in [0, 0.1) is 5.92 Å². The molecule has 0 saturated carbocycles. The van der Waals surface area contributed by atoms with Crippen molar-refractivity contribution in [3.8, 4) is 0 Å². The number of nitrogens with zero attached hydrogens (tertiary/aromatic N) is 3. The lowest BCUT2D eigenvalue weighted by Crippen LogP contribution is -2.42. The van der Waals surface area contributed by atoms with E-state index in [2.05, 4.69) is 37.8 Å². The van der Waals surface area contributed by atoms with E-state index in [1.807, 2.05) is 11.6 Å². The van der Waals surface area contributed by atoms with E-state index in [0.29, 0.717) is 25.0 Å². The van der Waals surface area contributed by atoms with Crippen LogP contribution in [0.5, 0.6) is 0 Å². The lowest BCUT2D eigenvalue weighted by molar-refractivity contribution is 0.0121. The topological polar surface area (TPSA) is 66.0 Å². The molecule has 0 aliphatic rings. The third kappa shape index (κ3) is 3.78. The summed E-state index contributed by atoms with van der Waals surface area (Å²) < 4.78 is 7.65. The highest BCUT2D eigenvalue weighted by molar-refractivity contribution is 4.93. The summed E-state index contributed by atoms with van der Waals surface area (Å²) in [7, 11) is 0. The number of rotatable bonds is 7. The van der Waals surface area contributed by atoms with Crippen LogP contribution in [0.15, 0.2) is 6.33 Å². The van der Waals surface area contributed by atoms with Crippen LogP contribution in [-0.4, -0.2) is 33.5 Å². The van der Waals surface area contributed by atoms with E-state index in [-0.39, 0.29) is 12.1 Å². The third-order valence-corrected chi connectivity index (χ3v) is 2.99. The van der Waals surface area contributed by atoms with Gasteiger partial charge in [0.05, 0.1) is 6.10 Å².